The molecule has 1 N–H and O–H groups in total. The van der Waals surface area contributed by atoms with Gasteiger partial charge in [-0.3, -0.25) is 0 Å². The topological polar surface area (TPSA) is 38.3 Å². The minimum Gasteiger partial charge on any atom is -0.496 e. The Bertz CT molecular complexity index is 676. The third-order valence-electron chi connectivity index (χ3n) is 3.17. The molecule has 0 unspecified atom stereocenters. The summed E-state index contributed by atoms with van der Waals surface area (Å²) in [5.41, 5.74) is 1.14. The Morgan fingerprint density at radius 2 is 2.13 bits per heavy atom. The standard InChI is InChI=1S/C18H21NO2S2/c1-4-7-16(21-5-2)18(17-8-6-13-22-17)19-23(20)15-11-9-14(3)10-12-15/h4,6-13,18-19H,1,5H2,2-3H3/b16-7+/t18-,23-/m0/s1. The third-order valence-corrected chi connectivity index (χ3v) is 5.25. The van der Waals surface area contributed by atoms with Crippen molar-refractivity contribution in [3.63, 3.8) is 0 Å². The van der Waals surface area contributed by atoms with Crippen molar-refractivity contribution in [2.24, 2.45) is 0 Å². The molecule has 122 valence electrons. The van der Waals surface area contributed by atoms with E-state index in [1.54, 1.807) is 17.4 Å². The van der Waals surface area contributed by atoms with Crippen LogP contribution in [0.5, 0.6) is 0 Å². The highest BCUT2D eigenvalue weighted by Gasteiger charge is 2.21. The van der Waals surface area contributed by atoms with E-state index in [-0.39, 0.29) is 6.04 Å². The van der Waals surface area contributed by atoms with Crippen LogP contribution in [0.4, 0.5) is 0 Å². The molecule has 1 heterocycles. The predicted octanol–water partition coefficient (Wildman–Crippen LogP) is 4.52. The summed E-state index contributed by atoms with van der Waals surface area (Å²) in [5.74, 6) is 0.713. The minimum atomic E-state index is -1.33. The zero-order chi connectivity index (χ0) is 16.7. The van der Waals surface area contributed by atoms with E-state index in [4.69, 9.17) is 4.74 Å². The Morgan fingerprint density at radius 1 is 1.39 bits per heavy atom. The molecule has 0 amide bonds. The second-order valence-electron chi connectivity index (χ2n) is 4.89. The summed E-state index contributed by atoms with van der Waals surface area (Å²) in [6, 6.07) is 11.4. The smallest absolute Gasteiger partial charge is 0.125 e. The van der Waals surface area contributed by atoms with Crippen LogP contribution >= 0.6 is 11.3 Å². The summed E-state index contributed by atoms with van der Waals surface area (Å²) in [6.07, 6.45) is 3.50. The molecule has 0 saturated carbocycles. The van der Waals surface area contributed by atoms with Crippen LogP contribution in [0.1, 0.15) is 23.4 Å². The molecule has 0 radical (unpaired) electrons. The van der Waals surface area contributed by atoms with Gasteiger partial charge in [-0.15, -0.1) is 11.3 Å². The van der Waals surface area contributed by atoms with Gasteiger partial charge in [0.25, 0.3) is 0 Å². The number of thiophene rings is 1. The number of benzene rings is 1. The largest absolute Gasteiger partial charge is 0.496 e. The molecule has 1 aromatic carbocycles. The molecule has 0 aliphatic heterocycles. The summed E-state index contributed by atoms with van der Waals surface area (Å²) < 4.78 is 21.6. The van der Waals surface area contributed by atoms with E-state index in [1.807, 2.05) is 61.7 Å². The maximum Gasteiger partial charge on any atom is 0.125 e. The van der Waals surface area contributed by atoms with Crippen LogP contribution in [0.25, 0.3) is 0 Å². The second kappa shape index (κ2) is 8.82. The Labute approximate surface area is 144 Å². The van der Waals surface area contributed by atoms with Crippen LogP contribution in [0.2, 0.25) is 0 Å². The average molecular weight is 348 g/mol. The number of nitrogens with one attached hydrogen (secondary N) is 1. The molecule has 2 rings (SSSR count). The predicted molar refractivity (Wildman–Crippen MR) is 97.7 cm³/mol. The van der Waals surface area contributed by atoms with Crippen LogP contribution in [0, 0.1) is 6.92 Å². The lowest BCUT2D eigenvalue weighted by Crippen LogP contribution is -2.26. The number of hydrogen-bond donors (Lipinski definition) is 1. The van der Waals surface area contributed by atoms with Crippen molar-refractivity contribution < 1.29 is 8.95 Å². The molecule has 0 saturated heterocycles. The number of hydrogen-bond acceptors (Lipinski definition) is 3. The lowest BCUT2D eigenvalue weighted by atomic mass is 10.2. The highest BCUT2D eigenvalue weighted by atomic mass is 32.2. The average Bonchev–Trinajstić information content (AvgIpc) is 3.07. The highest BCUT2D eigenvalue weighted by molar-refractivity contribution is 7.83. The Morgan fingerprint density at radius 3 is 2.70 bits per heavy atom. The van der Waals surface area contributed by atoms with Gasteiger partial charge in [0.15, 0.2) is 0 Å². The van der Waals surface area contributed by atoms with E-state index >= 15 is 0 Å². The van der Waals surface area contributed by atoms with Crippen molar-refractivity contribution in [1.29, 1.82) is 0 Å². The second-order valence-corrected chi connectivity index (χ2v) is 7.11. The van der Waals surface area contributed by atoms with Gasteiger partial charge in [0.1, 0.15) is 22.8 Å². The zero-order valence-electron chi connectivity index (χ0n) is 13.3. The number of ether oxygens (including phenoxy) is 1. The van der Waals surface area contributed by atoms with E-state index in [0.29, 0.717) is 12.4 Å². The molecule has 2 atom stereocenters. The first-order valence-electron chi connectivity index (χ1n) is 7.39. The Kier molecular flexibility index (Phi) is 6.77. The lowest BCUT2D eigenvalue weighted by molar-refractivity contribution is 0.207. The molecule has 0 bridgehead atoms. The van der Waals surface area contributed by atoms with E-state index in [1.165, 1.54) is 0 Å². The van der Waals surface area contributed by atoms with Crippen molar-refractivity contribution in [2.45, 2.75) is 24.8 Å². The highest BCUT2D eigenvalue weighted by Crippen LogP contribution is 2.28. The molecule has 0 fully saturated rings. The van der Waals surface area contributed by atoms with Gasteiger partial charge in [0, 0.05) is 4.88 Å². The summed E-state index contributed by atoms with van der Waals surface area (Å²) in [7, 11) is -1.33. The number of aryl methyl sites for hydroxylation is 1. The van der Waals surface area contributed by atoms with E-state index in [9.17, 15) is 4.21 Å². The summed E-state index contributed by atoms with van der Waals surface area (Å²) in [5, 5.41) is 2.00. The summed E-state index contributed by atoms with van der Waals surface area (Å²) in [4.78, 5) is 1.79. The minimum absolute atomic E-state index is 0.268. The molecule has 0 aliphatic rings. The molecular weight excluding hydrogens is 326 g/mol. The van der Waals surface area contributed by atoms with Crippen LogP contribution < -0.4 is 4.72 Å². The molecule has 1 aromatic heterocycles. The molecule has 23 heavy (non-hydrogen) atoms. The SMILES string of the molecule is C=C/C=C(/OCC)[C@H](N[S@@](=O)c1ccc(C)cc1)c1cccs1. The normalized spacial score (nSPS) is 14.3. The van der Waals surface area contributed by atoms with Gasteiger partial charge in [-0.1, -0.05) is 36.4 Å². The van der Waals surface area contributed by atoms with Gasteiger partial charge in [-0.2, -0.15) is 0 Å². The molecular formula is C18H21NO2S2. The molecule has 3 nitrogen and oxygen atoms in total. The van der Waals surface area contributed by atoms with Crippen LogP contribution in [0.3, 0.4) is 0 Å². The summed E-state index contributed by atoms with van der Waals surface area (Å²) in [6.45, 7) is 8.22. The fourth-order valence-electron chi connectivity index (χ4n) is 2.06. The molecule has 0 spiro atoms. The van der Waals surface area contributed by atoms with Crippen molar-refractivity contribution in [3.8, 4) is 0 Å². The van der Waals surface area contributed by atoms with Gasteiger partial charge in [-0.05, 0) is 43.5 Å². The van der Waals surface area contributed by atoms with Crippen LogP contribution in [-0.4, -0.2) is 10.8 Å². The van der Waals surface area contributed by atoms with E-state index in [2.05, 4.69) is 11.3 Å². The van der Waals surface area contributed by atoms with Gasteiger partial charge in [0.2, 0.25) is 0 Å². The van der Waals surface area contributed by atoms with E-state index in [0.717, 1.165) is 15.3 Å². The first-order chi connectivity index (χ1) is 11.2. The molecule has 2 aromatic rings. The quantitative estimate of drug-likeness (QED) is 0.563. The molecule has 5 heteroatoms. The van der Waals surface area contributed by atoms with Crippen molar-refractivity contribution in [1.82, 2.24) is 4.72 Å². The fourth-order valence-corrected chi connectivity index (χ4v) is 3.89. The first kappa shape index (κ1) is 17.7. The van der Waals surface area contributed by atoms with E-state index < -0.39 is 11.0 Å². The van der Waals surface area contributed by atoms with Gasteiger partial charge in [0.05, 0.1) is 11.5 Å². The van der Waals surface area contributed by atoms with Gasteiger partial charge in [-0.25, -0.2) is 8.93 Å². The third kappa shape index (κ3) is 4.89. The number of allylic oxidation sites excluding steroid dienone is 2. The monoisotopic (exact) mass is 347 g/mol. The maximum absolute atomic E-state index is 12.7. The van der Waals surface area contributed by atoms with Crippen LogP contribution in [-0.2, 0) is 15.7 Å². The van der Waals surface area contributed by atoms with Gasteiger partial charge >= 0.3 is 0 Å². The first-order valence-corrected chi connectivity index (χ1v) is 9.42. The Balaban J connectivity index is 2.27. The molecule has 0 aliphatic carbocycles. The summed E-state index contributed by atoms with van der Waals surface area (Å²) >= 11 is 1.60. The van der Waals surface area contributed by atoms with Crippen molar-refractivity contribution in [3.05, 3.63) is 76.7 Å². The fraction of sp³-hybridized carbons (Fsp3) is 0.222. The van der Waals surface area contributed by atoms with Crippen LogP contribution in [0.15, 0.2) is 71.2 Å². The number of rotatable bonds is 8. The van der Waals surface area contributed by atoms with Gasteiger partial charge < -0.3 is 4.74 Å². The zero-order valence-corrected chi connectivity index (χ0v) is 15.0. The van der Waals surface area contributed by atoms with Crippen molar-refractivity contribution >= 4 is 22.3 Å². The maximum atomic E-state index is 12.7. The Hall–Kier alpha value is -1.69. The van der Waals surface area contributed by atoms with Crippen molar-refractivity contribution in [2.75, 3.05) is 6.61 Å². The lowest BCUT2D eigenvalue weighted by Gasteiger charge is -2.20.